The third-order valence-electron chi connectivity index (χ3n) is 3.27. The highest BCUT2D eigenvalue weighted by Gasteiger charge is 2.34. The molecule has 9 nitrogen and oxygen atoms in total. The number of hydrazone groups is 1. The van der Waals surface area contributed by atoms with Crippen molar-refractivity contribution in [2.24, 2.45) is 11.0 Å². The number of guanidine groups is 1. The molecule has 0 unspecified atom stereocenters. The lowest BCUT2D eigenvalue weighted by molar-refractivity contribution is -0.274. The molecular formula is C14H16ClF3N6O3. The number of hydrazine groups is 2. The number of anilines is 1. The number of alkyl halides is 3. The summed E-state index contributed by atoms with van der Waals surface area (Å²) >= 11 is 6.10. The minimum Gasteiger partial charge on any atom is -0.404 e. The van der Waals surface area contributed by atoms with Crippen LogP contribution < -0.4 is 26.4 Å². The number of nitrogens with one attached hydrogen (secondary N) is 4. The maximum atomic E-state index is 12.6. The van der Waals surface area contributed by atoms with Crippen LogP contribution in [0.5, 0.6) is 5.75 Å². The predicted octanol–water partition coefficient (Wildman–Crippen LogP) is 1.79. The zero-order valence-corrected chi connectivity index (χ0v) is 15.1. The van der Waals surface area contributed by atoms with Crippen LogP contribution in [0.25, 0.3) is 0 Å². The number of rotatable bonds is 4. The van der Waals surface area contributed by atoms with Crippen molar-refractivity contribution in [2.45, 2.75) is 20.2 Å². The van der Waals surface area contributed by atoms with Gasteiger partial charge < -0.3 is 10.1 Å². The quantitative estimate of drug-likeness (QED) is 0.605. The number of carbonyl (C=O) groups is 2. The smallest absolute Gasteiger partial charge is 0.404 e. The van der Waals surface area contributed by atoms with Gasteiger partial charge in [-0.1, -0.05) is 25.4 Å². The van der Waals surface area contributed by atoms with Crippen LogP contribution in [0.3, 0.4) is 0 Å². The molecule has 148 valence electrons. The van der Waals surface area contributed by atoms with Gasteiger partial charge in [0.05, 0.1) is 10.6 Å². The third-order valence-corrected chi connectivity index (χ3v) is 3.66. The van der Waals surface area contributed by atoms with E-state index in [1.165, 1.54) is 18.9 Å². The van der Waals surface area contributed by atoms with Gasteiger partial charge >= 0.3 is 6.36 Å². The van der Waals surface area contributed by atoms with Crippen LogP contribution in [0, 0.1) is 5.92 Å². The topological polar surface area (TPSA) is 107 Å². The first-order chi connectivity index (χ1) is 12.5. The summed E-state index contributed by atoms with van der Waals surface area (Å²) in [4.78, 5) is 24.3. The number of hydrogen-bond donors (Lipinski definition) is 4. The Hall–Kier alpha value is -2.73. The van der Waals surface area contributed by atoms with Gasteiger partial charge in [-0.2, -0.15) is 0 Å². The Morgan fingerprint density at radius 3 is 2.48 bits per heavy atom. The summed E-state index contributed by atoms with van der Waals surface area (Å²) in [6.07, 6.45) is -5.01. The van der Waals surface area contributed by atoms with Crippen molar-refractivity contribution in [3.05, 3.63) is 22.7 Å². The molecule has 1 aliphatic rings. The Balaban J connectivity index is 2.38. The molecule has 1 aromatic rings. The second-order valence-corrected chi connectivity index (χ2v) is 6.04. The molecule has 27 heavy (non-hydrogen) atoms. The van der Waals surface area contributed by atoms with Crippen LogP contribution in [0.4, 0.5) is 18.9 Å². The fourth-order valence-electron chi connectivity index (χ4n) is 1.89. The fraction of sp³-hybridized carbons (Fsp3) is 0.357. The summed E-state index contributed by atoms with van der Waals surface area (Å²) in [7, 11) is 1.55. The molecular weight excluding hydrogens is 393 g/mol. The van der Waals surface area contributed by atoms with Crippen LogP contribution >= 0.6 is 11.6 Å². The van der Waals surface area contributed by atoms with Gasteiger partial charge in [0.2, 0.25) is 11.9 Å². The Labute approximate surface area is 156 Å². The molecule has 0 bridgehead atoms. The average molecular weight is 409 g/mol. The van der Waals surface area contributed by atoms with Crippen LogP contribution in [-0.4, -0.2) is 36.2 Å². The molecule has 0 radical (unpaired) electrons. The highest BCUT2D eigenvalue weighted by atomic mass is 35.5. The van der Waals surface area contributed by atoms with Crippen molar-refractivity contribution in [2.75, 3.05) is 12.4 Å². The number of benzene rings is 1. The van der Waals surface area contributed by atoms with Crippen LogP contribution in [0.15, 0.2) is 17.2 Å². The summed E-state index contributed by atoms with van der Waals surface area (Å²) in [6.45, 7) is 3.08. The lowest BCUT2D eigenvalue weighted by Gasteiger charge is -2.18. The normalized spacial score (nSPS) is 13.9. The van der Waals surface area contributed by atoms with E-state index < -0.39 is 40.6 Å². The molecule has 2 amide bonds. The van der Waals surface area contributed by atoms with E-state index >= 15 is 0 Å². The molecule has 1 aromatic carbocycles. The van der Waals surface area contributed by atoms with Gasteiger partial charge in [-0.3, -0.25) is 19.9 Å². The van der Waals surface area contributed by atoms with Gasteiger partial charge in [-0.15, -0.1) is 23.8 Å². The first-order valence-corrected chi connectivity index (χ1v) is 7.90. The monoisotopic (exact) mass is 408 g/mol. The minimum absolute atomic E-state index is 0.0967. The summed E-state index contributed by atoms with van der Waals surface area (Å²) in [5.74, 6) is -2.54. The van der Waals surface area contributed by atoms with Gasteiger partial charge in [0.1, 0.15) is 5.69 Å². The second-order valence-electron chi connectivity index (χ2n) is 5.66. The zero-order chi connectivity index (χ0) is 20.4. The van der Waals surface area contributed by atoms with Crippen molar-refractivity contribution in [3.8, 4) is 5.75 Å². The van der Waals surface area contributed by atoms with Gasteiger partial charge in [-0.05, 0) is 12.1 Å². The number of hydrogen-bond acceptors (Lipinski definition) is 7. The fourth-order valence-corrected chi connectivity index (χ4v) is 2.18. The maximum absolute atomic E-state index is 12.6. The summed E-state index contributed by atoms with van der Waals surface area (Å²) in [5, 5.41) is 9.33. The summed E-state index contributed by atoms with van der Waals surface area (Å²) in [5.41, 5.74) is 4.30. The van der Waals surface area contributed by atoms with Crippen LogP contribution in [0.2, 0.25) is 5.02 Å². The first kappa shape index (κ1) is 20.6. The number of nitrogens with zero attached hydrogens (tertiary/aromatic N) is 2. The second kappa shape index (κ2) is 7.88. The maximum Gasteiger partial charge on any atom is 0.573 e. The van der Waals surface area contributed by atoms with Gasteiger partial charge in [0.15, 0.2) is 5.75 Å². The molecule has 0 fully saturated rings. The van der Waals surface area contributed by atoms with Crippen molar-refractivity contribution in [3.63, 3.8) is 0 Å². The average Bonchev–Trinajstić information content (AvgIpc) is 2.94. The highest BCUT2D eigenvalue weighted by molar-refractivity contribution is 6.37. The SMILES string of the molecule is CC(C)C(=O)Nc1c(OC(F)(F)F)ccc(C(=O)NC2=NNNN2C)c1Cl. The molecule has 0 saturated carbocycles. The standard InChI is InChI=1S/C14H16ClF3N6O3/c1-6(2)11(25)19-10-8(27-14(16,17)18)5-4-7(9(10)15)12(26)20-13-21-22-23-24(13)3/h4-6,22-23H,1-3H3,(H,19,25)(H,20,21,26). The Kier molecular flexibility index (Phi) is 6.01. The van der Waals surface area contributed by atoms with E-state index in [-0.39, 0.29) is 11.5 Å². The number of amides is 2. The molecule has 0 aliphatic carbocycles. The Morgan fingerprint density at radius 1 is 1.30 bits per heavy atom. The number of halogens is 4. The molecule has 0 spiro atoms. The van der Waals surface area contributed by atoms with E-state index in [9.17, 15) is 22.8 Å². The molecule has 2 rings (SSSR count). The lowest BCUT2D eigenvalue weighted by atomic mass is 10.1. The minimum atomic E-state index is -5.01. The molecule has 1 aliphatic heterocycles. The van der Waals surface area contributed by atoms with Crippen molar-refractivity contribution in [1.29, 1.82) is 0 Å². The lowest BCUT2D eigenvalue weighted by Crippen LogP contribution is -2.45. The first-order valence-electron chi connectivity index (χ1n) is 7.52. The largest absolute Gasteiger partial charge is 0.573 e. The third kappa shape index (κ3) is 5.14. The summed E-state index contributed by atoms with van der Waals surface area (Å²) < 4.78 is 41.8. The molecule has 0 aromatic heterocycles. The molecule has 4 N–H and O–H groups in total. The summed E-state index contributed by atoms with van der Waals surface area (Å²) in [6, 6.07) is 1.93. The Morgan fingerprint density at radius 2 is 1.96 bits per heavy atom. The molecule has 13 heteroatoms. The number of ether oxygens (including phenoxy) is 1. The van der Waals surface area contributed by atoms with Crippen molar-refractivity contribution >= 4 is 35.1 Å². The Bertz CT molecular complexity index is 784. The molecule has 0 atom stereocenters. The molecule has 1 heterocycles. The van der Waals surface area contributed by atoms with Gasteiger partial charge in [0, 0.05) is 13.0 Å². The van der Waals surface area contributed by atoms with Crippen molar-refractivity contribution in [1.82, 2.24) is 21.4 Å². The highest BCUT2D eigenvalue weighted by Crippen LogP contribution is 2.38. The number of carbonyl (C=O) groups excluding carboxylic acids is 2. The van der Waals surface area contributed by atoms with Gasteiger partial charge in [0.25, 0.3) is 5.91 Å². The van der Waals surface area contributed by atoms with E-state index in [0.717, 1.165) is 12.1 Å². The van der Waals surface area contributed by atoms with E-state index in [1.54, 1.807) is 7.05 Å². The zero-order valence-electron chi connectivity index (χ0n) is 14.4. The van der Waals surface area contributed by atoms with Gasteiger partial charge in [-0.25, -0.2) is 5.53 Å². The van der Waals surface area contributed by atoms with Crippen LogP contribution in [-0.2, 0) is 4.79 Å². The van der Waals surface area contributed by atoms with E-state index in [1.807, 2.05) is 0 Å². The van der Waals surface area contributed by atoms with Crippen LogP contribution in [0.1, 0.15) is 24.2 Å². The van der Waals surface area contributed by atoms with Crippen molar-refractivity contribution < 1.29 is 27.5 Å². The molecule has 0 saturated heterocycles. The van der Waals surface area contributed by atoms with E-state index in [4.69, 9.17) is 11.6 Å². The van der Waals surface area contributed by atoms with E-state index in [0.29, 0.717) is 0 Å². The predicted molar refractivity (Wildman–Crippen MR) is 90.5 cm³/mol. The van der Waals surface area contributed by atoms with E-state index in [2.05, 4.69) is 31.5 Å².